The molecule has 1 aromatic carbocycles. The van der Waals surface area contributed by atoms with Gasteiger partial charge in [-0.2, -0.15) is 9.97 Å². The Hall–Kier alpha value is -2.52. The summed E-state index contributed by atoms with van der Waals surface area (Å²) in [6.07, 6.45) is 12.4. The normalized spacial score (nSPS) is 18.5. The van der Waals surface area contributed by atoms with E-state index < -0.39 is 0 Å². The lowest BCUT2D eigenvalue weighted by molar-refractivity contribution is 0.346. The van der Waals surface area contributed by atoms with Crippen LogP contribution in [0.5, 0.6) is 5.75 Å². The summed E-state index contributed by atoms with van der Waals surface area (Å²) in [5.74, 6) is 2.71. The van der Waals surface area contributed by atoms with Gasteiger partial charge >= 0.3 is 0 Å². The molecule has 1 aliphatic carbocycles. The maximum Gasteiger partial charge on any atom is 0.231 e. The summed E-state index contributed by atoms with van der Waals surface area (Å²) in [7, 11) is 1.72. The van der Waals surface area contributed by atoms with Crippen LogP contribution in [0.4, 0.5) is 17.5 Å². The first-order chi connectivity index (χ1) is 16.2. The third-order valence-electron chi connectivity index (χ3n) is 6.89. The van der Waals surface area contributed by atoms with Crippen molar-refractivity contribution < 1.29 is 4.74 Å². The highest BCUT2D eigenvalue weighted by molar-refractivity contribution is 7.96. The van der Waals surface area contributed by atoms with Gasteiger partial charge in [0.1, 0.15) is 11.3 Å². The third kappa shape index (κ3) is 5.04. The Labute approximate surface area is 199 Å². The van der Waals surface area contributed by atoms with E-state index in [0.29, 0.717) is 23.6 Å². The van der Waals surface area contributed by atoms with Crippen molar-refractivity contribution in [1.29, 1.82) is 0 Å². The summed E-state index contributed by atoms with van der Waals surface area (Å²) < 4.78 is 8.18. The van der Waals surface area contributed by atoms with Crippen LogP contribution in [0.3, 0.4) is 0 Å². The number of nitrogens with one attached hydrogen (secondary N) is 3. The molecule has 0 unspecified atom stereocenters. The van der Waals surface area contributed by atoms with Crippen LogP contribution in [0.25, 0.3) is 11.2 Å². The van der Waals surface area contributed by atoms with E-state index in [1.165, 1.54) is 50.5 Å². The van der Waals surface area contributed by atoms with E-state index in [-0.39, 0.29) is 0 Å². The van der Waals surface area contributed by atoms with Crippen LogP contribution in [0.1, 0.15) is 56.4 Å². The van der Waals surface area contributed by atoms with Crippen molar-refractivity contribution in [2.45, 2.75) is 56.9 Å². The van der Waals surface area contributed by atoms with E-state index in [4.69, 9.17) is 9.72 Å². The van der Waals surface area contributed by atoms with Gasteiger partial charge in [0, 0.05) is 19.1 Å². The van der Waals surface area contributed by atoms with Crippen LogP contribution in [-0.4, -0.2) is 56.7 Å². The molecule has 2 fully saturated rings. The Morgan fingerprint density at radius 1 is 1.09 bits per heavy atom. The molecule has 176 valence electrons. The van der Waals surface area contributed by atoms with Gasteiger partial charge in [0.15, 0.2) is 11.5 Å². The summed E-state index contributed by atoms with van der Waals surface area (Å²) in [6, 6.07) is 6.90. The molecule has 2 aromatic heterocycles. The van der Waals surface area contributed by atoms with Crippen molar-refractivity contribution >= 4 is 40.6 Å². The van der Waals surface area contributed by atoms with Crippen molar-refractivity contribution in [1.82, 2.24) is 24.2 Å². The molecular formula is C24H33N7OS. The van der Waals surface area contributed by atoms with Crippen molar-refractivity contribution in [2.75, 3.05) is 37.1 Å². The van der Waals surface area contributed by atoms with Crippen LogP contribution >= 0.6 is 11.9 Å². The van der Waals surface area contributed by atoms with Gasteiger partial charge in [-0.1, -0.05) is 37.3 Å². The molecule has 0 atom stereocenters. The van der Waals surface area contributed by atoms with Crippen LogP contribution in [0.2, 0.25) is 0 Å². The first-order valence-corrected chi connectivity index (χ1v) is 13.1. The standard InChI is InChI=1S/C24H33N7OS/c1-32-20-14-17(16-10-12-31(33-2)13-11-16)8-9-19(20)28-24-29-22-21(25-15-26-22)23(30-24)27-18-6-4-3-5-7-18/h8-9,14-16,18H,3-7,10-13H2,1-2H3,(H3,25,26,27,28,29,30). The van der Waals surface area contributed by atoms with Gasteiger partial charge in [-0.25, -0.2) is 4.98 Å². The SMILES string of the molecule is COc1cc(C2CCN(SC)CC2)ccc1Nc1nc(NC2CCCCC2)c2[nH]cnc2n1. The van der Waals surface area contributed by atoms with Crippen LogP contribution in [0.15, 0.2) is 24.5 Å². The Morgan fingerprint density at radius 2 is 1.91 bits per heavy atom. The molecule has 5 rings (SSSR count). The zero-order chi connectivity index (χ0) is 22.6. The number of aromatic amines is 1. The number of fused-ring (bicyclic) bond motifs is 1. The summed E-state index contributed by atoms with van der Waals surface area (Å²) >= 11 is 1.84. The number of piperidine rings is 1. The Kier molecular flexibility index (Phi) is 6.87. The molecular weight excluding hydrogens is 434 g/mol. The van der Waals surface area contributed by atoms with Gasteiger partial charge in [0.25, 0.3) is 0 Å². The second kappa shape index (κ2) is 10.2. The average molecular weight is 468 g/mol. The smallest absolute Gasteiger partial charge is 0.231 e. The topological polar surface area (TPSA) is 91.0 Å². The van der Waals surface area contributed by atoms with Crippen LogP contribution in [-0.2, 0) is 0 Å². The molecule has 33 heavy (non-hydrogen) atoms. The number of methoxy groups -OCH3 is 1. The average Bonchev–Trinajstić information content (AvgIpc) is 3.34. The van der Waals surface area contributed by atoms with Crippen molar-refractivity contribution in [2.24, 2.45) is 0 Å². The number of aromatic nitrogens is 4. The van der Waals surface area contributed by atoms with E-state index >= 15 is 0 Å². The van der Waals surface area contributed by atoms with Crippen molar-refractivity contribution in [3.05, 3.63) is 30.1 Å². The number of ether oxygens (including phenoxy) is 1. The summed E-state index contributed by atoms with van der Waals surface area (Å²) in [5.41, 5.74) is 3.70. The number of hydrogen-bond donors (Lipinski definition) is 3. The van der Waals surface area contributed by atoms with E-state index in [2.05, 4.69) is 54.3 Å². The van der Waals surface area contributed by atoms with Gasteiger partial charge < -0.3 is 20.4 Å². The maximum atomic E-state index is 5.75. The molecule has 3 aromatic rings. The number of H-pyrrole nitrogens is 1. The van der Waals surface area contributed by atoms with E-state index in [1.807, 2.05) is 11.9 Å². The molecule has 3 N–H and O–H groups in total. The molecule has 3 heterocycles. The molecule has 0 spiro atoms. The molecule has 1 saturated heterocycles. The maximum absolute atomic E-state index is 5.75. The monoisotopic (exact) mass is 467 g/mol. The first kappa shape index (κ1) is 22.3. The minimum atomic E-state index is 0.444. The lowest BCUT2D eigenvalue weighted by atomic mass is 9.90. The van der Waals surface area contributed by atoms with E-state index in [1.54, 1.807) is 13.4 Å². The predicted octanol–water partition coefficient (Wildman–Crippen LogP) is 5.31. The summed E-state index contributed by atoms with van der Waals surface area (Å²) in [4.78, 5) is 17.0. The lowest BCUT2D eigenvalue weighted by Gasteiger charge is -2.30. The van der Waals surface area contributed by atoms with Crippen LogP contribution < -0.4 is 15.4 Å². The Balaban J connectivity index is 1.36. The molecule has 9 heteroatoms. The molecule has 0 amide bonds. The molecule has 1 saturated carbocycles. The molecule has 2 aliphatic rings. The number of rotatable bonds is 7. The lowest BCUT2D eigenvalue weighted by Crippen LogP contribution is -2.27. The molecule has 0 bridgehead atoms. The van der Waals surface area contributed by atoms with E-state index in [0.717, 1.165) is 35.9 Å². The Morgan fingerprint density at radius 3 is 2.67 bits per heavy atom. The van der Waals surface area contributed by atoms with Crippen molar-refractivity contribution in [3.8, 4) is 5.75 Å². The van der Waals surface area contributed by atoms with Gasteiger partial charge in [0.05, 0.1) is 19.1 Å². The highest BCUT2D eigenvalue weighted by Gasteiger charge is 2.22. The number of hydrogen-bond acceptors (Lipinski definition) is 8. The molecule has 8 nitrogen and oxygen atoms in total. The van der Waals surface area contributed by atoms with E-state index in [9.17, 15) is 0 Å². The van der Waals surface area contributed by atoms with Gasteiger partial charge in [-0.05, 0) is 55.6 Å². The first-order valence-electron chi connectivity index (χ1n) is 11.9. The highest BCUT2D eigenvalue weighted by Crippen LogP contribution is 2.36. The summed E-state index contributed by atoms with van der Waals surface area (Å²) in [5, 5.41) is 7.00. The number of anilines is 3. The minimum Gasteiger partial charge on any atom is -0.495 e. The fourth-order valence-electron chi connectivity index (χ4n) is 4.99. The number of nitrogens with zero attached hydrogens (tertiary/aromatic N) is 4. The number of benzene rings is 1. The van der Waals surface area contributed by atoms with Gasteiger partial charge in [-0.15, -0.1) is 0 Å². The summed E-state index contributed by atoms with van der Waals surface area (Å²) in [6.45, 7) is 2.25. The third-order valence-corrected chi connectivity index (χ3v) is 7.77. The zero-order valence-corrected chi connectivity index (χ0v) is 20.2. The Bertz CT molecular complexity index is 1070. The second-order valence-corrected chi connectivity index (χ2v) is 9.83. The predicted molar refractivity (Wildman–Crippen MR) is 136 cm³/mol. The second-order valence-electron chi connectivity index (χ2n) is 8.95. The highest BCUT2D eigenvalue weighted by atomic mass is 32.2. The van der Waals surface area contributed by atoms with Crippen LogP contribution in [0, 0.1) is 0 Å². The molecule has 1 aliphatic heterocycles. The van der Waals surface area contributed by atoms with Crippen molar-refractivity contribution in [3.63, 3.8) is 0 Å². The fraction of sp³-hybridized carbons (Fsp3) is 0.542. The largest absolute Gasteiger partial charge is 0.495 e. The van der Waals surface area contributed by atoms with Gasteiger partial charge in [-0.3, -0.25) is 4.31 Å². The molecule has 0 radical (unpaired) electrons. The fourth-order valence-corrected chi connectivity index (χ4v) is 5.57. The number of imidazole rings is 1. The quantitative estimate of drug-likeness (QED) is 0.403. The van der Waals surface area contributed by atoms with Gasteiger partial charge in [0.2, 0.25) is 5.95 Å². The minimum absolute atomic E-state index is 0.444. The zero-order valence-electron chi connectivity index (χ0n) is 19.4.